The van der Waals surface area contributed by atoms with Crippen molar-refractivity contribution in [2.75, 3.05) is 25.0 Å². The van der Waals surface area contributed by atoms with Crippen LogP contribution in [0.25, 0.3) is 0 Å². The van der Waals surface area contributed by atoms with E-state index in [2.05, 4.69) is 17.2 Å². The average molecular weight is 282 g/mol. The quantitative estimate of drug-likeness (QED) is 0.923. The van der Waals surface area contributed by atoms with Crippen molar-refractivity contribution in [3.63, 3.8) is 0 Å². The van der Waals surface area contributed by atoms with Crippen molar-refractivity contribution < 1.29 is 4.79 Å². The Morgan fingerprint density at radius 3 is 2.95 bits per heavy atom. The van der Waals surface area contributed by atoms with Gasteiger partial charge >= 0.3 is 0 Å². The Labute approximate surface area is 119 Å². The van der Waals surface area contributed by atoms with E-state index in [1.807, 2.05) is 11.8 Å². The standard InChI is InChI=1S/C14H20ClN3O/c1-3-10-7-8-18(9-10)14(19)13-11(15)5-6-12(17-13)16-4-2/h5-6,10H,3-4,7-9H2,1-2H3,(H,16,17). The van der Waals surface area contributed by atoms with E-state index >= 15 is 0 Å². The molecule has 0 aromatic carbocycles. The Hall–Kier alpha value is -1.29. The third-order valence-electron chi connectivity index (χ3n) is 3.56. The summed E-state index contributed by atoms with van der Waals surface area (Å²) in [6, 6.07) is 3.52. The molecule has 0 bridgehead atoms. The number of anilines is 1. The van der Waals surface area contributed by atoms with Crippen LogP contribution in [0.2, 0.25) is 5.02 Å². The largest absolute Gasteiger partial charge is 0.370 e. The number of carbonyl (C=O) groups excluding carboxylic acids is 1. The van der Waals surface area contributed by atoms with Gasteiger partial charge in [0.05, 0.1) is 5.02 Å². The lowest BCUT2D eigenvalue weighted by molar-refractivity contribution is 0.0781. The molecule has 1 aliphatic rings. The van der Waals surface area contributed by atoms with Gasteiger partial charge in [0.2, 0.25) is 0 Å². The molecule has 1 atom stereocenters. The molecule has 0 radical (unpaired) electrons. The number of nitrogens with zero attached hydrogens (tertiary/aromatic N) is 2. The average Bonchev–Trinajstić information content (AvgIpc) is 2.89. The van der Waals surface area contributed by atoms with Gasteiger partial charge in [-0.05, 0) is 31.4 Å². The zero-order valence-corrected chi connectivity index (χ0v) is 12.2. The third kappa shape index (κ3) is 3.18. The van der Waals surface area contributed by atoms with E-state index in [1.54, 1.807) is 12.1 Å². The number of hydrogen-bond acceptors (Lipinski definition) is 3. The van der Waals surface area contributed by atoms with Crippen LogP contribution in [0.1, 0.15) is 37.2 Å². The normalized spacial score (nSPS) is 18.7. The van der Waals surface area contributed by atoms with Crippen molar-refractivity contribution in [2.24, 2.45) is 5.92 Å². The van der Waals surface area contributed by atoms with Crippen LogP contribution in [-0.4, -0.2) is 35.4 Å². The fourth-order valence-electron chi connectivity index (χ4n) is 2.37. The predicted octanol–water partition coefficient (Wildman–Crippen LogP) is 3.04. The Kier molecular flexibility index (Phi) is 4.64. The number of amides is 1. The molecule has 1 amide bonds. The lowest BCUT2D eigenvalue weighted by Gasteiger charge is -2.17. The molecule has 19 heavy (non-hydrogen) atoms. The minimum atomic E-state index is -0.0549. The Morgan fingerprint density at radius 2 is 2.32 bits per heavy atom. The lowest BCUT2D eigenvalue weighted by atomic mass is 10.1. The molecule has 0 spiro atoms. The zero-order chi connectivity index (χ0) is 13.8. The summed E-state index contributed by atoms with van der Waals surface area (Å²) in [7, 11) is 0. The molecule has 104 valence electrons. The topological polar surface area (TPSA) is 45.2 Å². The van der Waals surface area contributed by atoms with Gasteiger partial charge in [-0.1, -0.05) is 24.9 Å². The third-order valence-corrected chi connectivity index (χ3v) is 3.86. The van der Waals surface area contributed by atoms with Crippen LogP contribution < -0.4 is 5.32 Å². The molecule has 0 aliphatic carbocycles. The van der Waals surface area contributed by atoms with Gasteiger partial charge in [0.15, 0.2) is 0 Å². The minimum absolute atomic E-state index is 0.0549. The maximum atomic E-state index is 12.4. The van der Waals surface area contributed by atoms with Crippen LogP contribution in [0.15, 0.2) is 12.1 Å². The Bertz CT molecular complexity index is 464. The SMILES string of the molecule is CCNc1ccc(Cl)c(C(=O)N2CCC(CC)C2)n1. The van der Waals surface area contributed by atoms with Gasteiger partial charge in [0.1, 0.15) is 11.5 Å². The molecule has 1 N–H and O–H groups in total. The maximum absolute atomic E-state index is 12.4. The number of likely N-dealkylation sites (tertiary alicyclic amines) is 1. The number of carbonyl (C=O) groups is 1. The summed E-state index contributed by atoms with van der Waals surface area (Å²) in [5, 5.41) is 3.52. The molecule has 1 unspecified atom stereocenters. The van der Waals surface area contributed by atoms with Crippen molar-refractivity contribution in [1.29, 1.82) is 0 Å². The Morgan fingerprint density at radius 1 is 1.53 bits per heavy atom. The lowest BCUT2D eigenvalue weighted by Crippen LogP contribution is -2.29. The van der Waals surface area contributed by atoms with Crippen molar-refractivity contribution in [1.82, 2.24) is 9.88 Å². The number of hydrogen-bond donors (Lipinski definition) is 1. The van der Waals surface area contributed by atoms with Crippen molar-refractivity contribution in [3.8, 4) is 0 Å². The summed E-state index contributed by atoms with van der Waals surface area (Å²) in [6.07, 6.45) is 2.19. The van der Waals surface area contributed by atoms with Crippen LogP contribution >= 0.6 is 11.6 Å². The van der Waals surface area contributed by atoms with E-state index in [-0.39, 0.29) is 5.91 Å². The van der Waals surface area contributed by atoms with Crippen molar-refractivity contribution in [3.05, 3.63) is 22.8 Å². The van der Waals surface area contributed by atoms with Gasteiger partial charge in [-0.25, -0.2) is 4.98 Å². The van der Waals surface area contributed by atoms with E-state index in [9.17, 15) is 4.79 Å². The summed E-state index contributed by atoms with van der Waals surface area (Å²) < 4.78 is 0. The van der Waals surface area contributed by atoms with Crippen molar-refractivity contribution in [2.45, 2.75) is 26.7 Å². The van der Waals surface area contributed by atoms with Crippen molar-refractivity contribution >= 4 is 23.3 Å². The molecular weight excluding hydrogens is 262 g/mol. The molecule has 0 saturated carbocycles. The van der Waals surface area contributed by atoms with Gasteiger partial charge in [0, 0.05) is 19.6 Å². The highest BCUT2D eigenvalue weighted by Crippen LogP contribution is 2.24. The second-order valence-corrected chi connectivity index (χ2v) is 5.28. The first-order valence-electron chi connectivity index (χ1n) is 6.85. The van der Waals surface area contributed by atoms with E-state index in [0.717, 1.165) is 32.5 Å². The van der Waals surface area contributed by atoms with Crippen LogP contribution in [0.3, 0.4) is 0 Å². The molecule has 1 aromatic rings. The molecule has 2 rings (SSSR count). The van der Waals surface area contributed by atoms with E-state index in [1.165, 1.54) is 0 Å². The molecule has 1 aliphatic heterocycles. The van der Waals surface area contributed by atoms with Crippen LogP contribution in [-0.2, 0) is 0 Å². The molecule has 4 nitrogen and oxygen atoms in total. The fourth-order valence-corrected chi connectivity index (χ4v) is 2.56. The smallest absolute Gasteiger partial charge is 0.274 e. The predicted molar refractivity (Wildman–Crippen MR) is 77.7 cm³/mol. The number of nitrogens with one attached hydrogen (secondary N) is 1. The highest BCUT2D eigenvalue weighted by Gasteiger charge is 2.27. The van der Waals surface area contributed by atoms with Gasteiger partial charge in [0.25, 0.3) is 5.91 Å². The number of aromatic nitrogens is 1. The van der Waals surface area contributed by atoms with Crippen LogP contribution in [0.4, 0.5) is 5.82 Å². The van der Waals surface area contributed by atoms with E-state index in [0.29, 0.717) is 22.5 Å². The Balaban J connectivity index is 2.16. The van der Waals surface area contributed by atoms with E-state index in [4.69, 9.17) is 11.6 Å². The second kappa shape index (κ2) is 6.24. The number of rotatable bonds is 4. The summed E-state index contributed by atoms with van der Waals surface area (Å²) in [5.74, 6) is 1.25. The van der Waals surface area contributed by atoms with Gasteiger partial charge < -0.3 is 10.2 Å². The summed E-state index contributed by atoms with van der Waals surface area (Å²) in [4.78, 5) is 18.6. The molecular formula is C14H20ClN3O. The summed E-state index contributed by atoms with van der Waals surface area (Å²) in [5.41, 5.74) is 0.358. The fraction of sp³-hybridized carbons (Fsp3) is 0.571. The molecule has 5 heteroatoms. The highest BCUT2D eigenvalue weighted by atomic mass is 35.5. The summed E-state index contributed by atoms with van der Waals surface area (Å²) >= 11 is 6.10. The van der Waals surface area contributed by atoms with Gasteiger partial charge in [-0.15, -0.1) is 0 Å². The van der Waals surface area contributed by atoms with Gasteiger partial charge in [-0.3, -0.25) is 4.79 Å². The maximum Gasteiger partial charge on any atom is 0.274 e. The summed E-state index contributed by atoms with van der Waals surface area (Å²) in [6.45, 7) is 6.54. The first kappa shape index (κ1) is 14.1. The molecule has 1 aromatic heterocycles. The molecule has 1 fully saturated rings. The molecule has 2 heterocycles. The van der Waals surface area contributed by atoms with E-state index < -0.39 is 0 Å². The number of halogens is 1. The molecule has 1 saturated heterocycles. The van der Waals surface area contributed by atoms with Crippen LogP contribution in [0.5, 0.6) is 0 Å². The minimum Gasteiger partial charge on any atom is -0.370 e. The van der Waals surface area contributed by atoms with Gasteiger partial charge in [-0.2, -0.15) is 0 Å². The zero-order valence-electron chi connectivity index (χ0n) is 11.4. The monoisotopic (exact) mass is 281 g/mol. The van der Waals surface area contributed by atoms with Crippen LogP contribution in [0, 0.1) is 5.92 Å². The number of pyridine rings is 1. The highest BCUT2D eigenvalue weighted by molar-refractivity contribution is 6.33. The second-order valence-electron chi connectivity index (χ2n) is 4.87. The first-order valence-corrected chi connectivity index (χ1v) is 7.23. The first-order chi connectivity index (χ1) is 9.15.